The van der Waals surface area contributed by atoms with Gasteiger partial charge in [0, 0.05) is 35.6 Å². The fourth-order valence-corrected chi connectivity index (χ4v) is 4.47. The molecule has 2 aliphatic heterocycles. The summed E-state index contributed by atoms with van der Waals surface area (Å²) in [6.07, 6.45) is 8.10. The molecule has 27 heavy (non-hydrogen) atoms. The Bertz CT molecular complexity index is 1100. The summed E-state index contributed by atoms with van der Waals surface area (Å²) < 4.78 is 26.8. The molecule has 0 aliphatic carbocycles. The summed E-state index contributed by atoms with van der Waals surface area (Å²) in [7, 11) is -3.42. The molecule has 2 aliphatic rings. The molecule has 1 amide bonds. The zero-order valence-electron chi connectivity index (χ0n) is 14.3. The largest absolute Gasteiger partial charge is 0.330 e. The first-order valence-corrected chi connectivity index (χ1v) is 10.5. The van der Waals surface area contributed by atoms with Crippen LogP contribution in [-0.2, 0) is 14.8 Å². The van der Waals surface area contributed by atoms with Crippen molar-refractivity contribution in [3.8, 4) is 10.6 Å². The molecular weight excluding hydrogens is 386 g/mol. The first kappa shape index (κ1) is 17.6. The summed E-state index contributed by atoms with van der Waals surface area (Å²) in [6.45, 7) is 2.15. The SMILES string of the molecule is Cc1sc(-c2cccnc2)nc1NC(=O)C1=CN2CCS(=O)(=O)N=C2C=C1. The second-order valence-corrected chi connectivity index (χ2v) is 8.92. The summed E-state index contributed by atoms with van der Waals surface area (Å²) in [5.41, 5.74) is 1.29. The van der Waals surface area contributed by atoms with Gasteiger partial charge in [-0.2, -0.15) is 0 Å². The van der Waals surface area contributed by atoms with Crippen LogP contribution in [-0.4, -0.2) is 47.3 Å². The lowest BCUT2D eigenvalue weighted by atomic mass is 10.2. The Labute approximate surface area is 160 Å². The molecule has 1 N–H and O–H groups in total. The maximum absolute atomic E-state index is 12.6. The van der Waals surface area contributed by atoms with Crippen molar-refractivity contribution in [2.45, 2.75) is 6.92 Å². The quantitative estimate of drug-likeness (QED) is 0.843. The van der Waals surface area contributed by atoms with Crippen molar-refractivity contribution in [2.75, 3.05) is 17.6 Å². The number of pyridine rings is 1. The van der Waals surface area contributed by atoms with Gasteiger partial charge in [0.1, 0.15) is 16.7 Å². The molecular formula is C17H15N5O3S2. The molecule has 2 aromatic heterocycles. The van der Waals surface area contributed by atoms with Crippen molar-refractivity contribution in [3.05, 3.63) is 53.3 Å². The Morgan fingerprint density at radius 1 is 1.33 bits per heavy atom. The van der Waals surface area contributed by atoms with E-state index in [1.54, 1.807) is 29.6 Å². The monoisotopic (exact) mass is 401 g/mol. The van der Waals surface area contributed by atoms with Gasteiger partial charge in [0.2, 0.25) is 0 Å². The van der Waals surface area contributed by atoms with Gasteiger partial charge in [-0.1, -0.05) is 0 Å². The van der Waals surface area contributed by atoms with Gasteiger partial charge >= 0.3 is 0 Å². The number of rotatable bonds is 3. The molecule has 0 bridgehead atoms. The number of hydrogen-bond acceptors (Lipinski definition) is 7. The molecule has 0 aromatic carbocycles. The molecule has 10 heteroatoms. The van der Waals surface area contributed by atoms with Crippen LogP contribution in [0.4, 0.5) is 5.82 Å². The van der Waals surface area contributed by atoms with Crippen LogP contribution in [0.3, 0.4) is 0 Å². The molecule has 0 radical (unpaired) electrons. The maximum atomic E-state index is 12.6. The normalized spacial score (nSPS) is 17.7. The molecule has 138 valence electrons. The van der Waals surface area contributed by atoms with Gasteiger partial charge in [-0.05, 0) is 31.2 Å². The number of hydrogen-bond donors (Lipinski definition) is 1. The number of amides is 1. The second kappa shape index (κ2) is 6.71. The van der Waals surface area contributed by atoms with Crippen LogP contribution >= 0.6 is 11.3 Å². The number of thiazole rings is 1. The van der Waals surface area contributed by atoms with Crippen LogP contribution in [0.25, 0.3) is 10.6 Å². The number of anilines is 1. The smallest absolute Gasteiger partial charge is 0.258 e. The fourth-order valence-electron chi connectivity index (χ4n) is 2.64. The van der Waals surface area contributed by atoms with Crippen LogP contribution in [0.15, 0.2) is 52.8 Å². The summed E-state index contributed by atoms with van der Waals surface area (Å²) in [5, 5.41) is 3.59. The van der Waals surface area contributed by atoms with E-state index in [0.29, 0.717) is 17.2 Å². The summed E-state index contributed by atoms with van der Waals surface area (Å²) >= 11 is 1.47. The van der Waals surface area contributed by atoms with Gasteiger partial charge in [0.05, 0.1) is 11.3 Å². The topological polar surface area (TPSA) is 105 Å². The number of fused-ring (bicyclic) bond motifs is 1. The van der Waals surface area contributed by atoms with Gasteiger partial charge in [-0.3, -0.25) is 9.78 Å². The van der Waals surface area contributed by atoms with E-state index in [1.807, 2.05) is 19.1 Å². The van der Waals surface area contributed by atoms with Crippen LogP contribution in [0.1, 0.15) is 4.88 Å². The molecule has 0 saturated carbocycles. The highest BCUT2D eigenvalue weighted by atomic mass is 32.2. The molecule has 8 nitrogen and oxygen atoms in total. The lowest BCUT2D eigenvalue weighted by Gasteiger charge is -2.26. The minimum atomic E-state index is -3.42. The highest BCUT2D eigenvalue weighted by Crippen LogP contribution is 2.30. The van der Waals surface area contributed by atoms with Crippen LogP contribution in [0.2, 0.25) is 0 Å². The van der Waals surface area contributed by atoms with Gasteiger partial charge < -0.3 is 10.2 Å². The number of carbonyl (C=O) groups is 1. The molecule has 0 fully saturated rings. The third-order valence-electron chi connectivity index (χ3n) is 4.02. The lowest BCUT2D eigenvalue weighted by molar-refractivity contribution is -0.112. The van der Waals surface area contributed by atoms with E-state index >= 15 is 0 Å². The number of sulfonamides is 1. The summed E-state index contributed by atoms with van der Waals surface area (Å²) in [4.78, 5) is 23.7. The number of nitrogens with zero attached hydrogens (tertiary/aromatic N) is 4. The van der Waals surface area contributed by atoms with E-state index in [-0.39, 0.29) is 18.2 Å². The van der Waals surface area contributed by atoms with E-state index in [9.17, 15) is 13.2 Å². The van der Waals surface area contributed by atoms with Crippen molar-refractivity contribution in [1.29, 1.82) is 0 Å². The average molecular weight is 401 g/mol. The van der Waals surface area contributed by atoms with Gasteiger partial charge in [-0.25, -0.2) is 13.4 Å². The van der Waals surface area contributed by atoms with Crippen molar-refractivity contribution in [1.82, 2.24) is 14.9 Å². The number of aryl methyl sites for hydroxylation is 1. The third-order valence-corrected chi connectivity index (χ3v) is 6.21. The van der Waals surface area contributed by atoms with Gasteiger partial charge in [0.25, 0.3) is 15.9 Å². The predicted molar refractivity (Wildman–Crippen MR) is 104 cm³/mol. The molecule has 2 aromatic rings. The molecule has 0 saturated heterocycles. The van der Waals surface area contributed by atoms with E-state index in [2.05, 4.69) is 19.7 Å². The Morgan fingerprint density at radius 2 is 2.19 bits per heavy atom. The van der Waals surface area contributed by atoms with Gasteiger partial charge in [-0.15, -0.1) is 15.7 Å². The minimum Gasteiger partial charge on any atom is -0.330 e. The Hall–Kier alpha value is -2.85. The molecule has 0 spiro atoms. The van der Waals surface area contributed by atoms with Crippen LogP contribution in [0, 0.1) is 6.92 Å². The maximum Gasteiger partial charge on any atom is 0.258 e. The van der Waals surface area contributed by atoms with Crippen LogP contribution in [0.5, 0.6) is 0 Å². The fraction of sp³-hybridized carbons (Fsp3) is 0.176. The lowest BCUT2D eigenvalue weighted by Crippen LogP contribution is -2.37. The Kier molecular flexibility index (Phi) is 4.36. The van der Waals surface area contributed by atoms with Crippen molar-refractivity contribution >= 4 is 38.9 Å². The molecule has 0 unspecified atom stereocenters. The first-order valence-electron chi connectivity index (χ1n) is 8.10. The zero-order chi connectivity index (χ0) is 19.0. The highest BCUT2D eigenvalue weighted by molar-refractivity contribution is 7.90. The summed E-state index contributed by atoms with van der Waals surface area (Å²) in [6, 6.07) is 3.74. The van der Waals surface area contributed by atoms with E-state index in [0.717, 1.165) is 15.4 Å². The van der Waals surface area contributed by atoms with Gasteiger partial charge in [0.15, 0.2) is 0 Å². The van der Waals surface area contributed by atoms with E-state index < -0.39 is 10.0 Å². The average Bonchev–Trinajstić information content (AvgIpc) is 3.02. The molecule has 4 rings (SSSR count). The van der Waals surface area contributed by atoms with Crippen molar-refractivity contribution in [3.63, 3.8) is 0 Å². The number of aromatic nitrogens is 2. The number of amidine groups is 1. The Morgan fingerprint density at radius 3 is 2.96 bits per heavy atom. The Balaban J connectivity index is 1.53. The molecule has 4 heterocycles. The van der Waals surface area contributed by atoms with E-state index in [1.165, 1.54) is 17.4 Å². The highest BCUT2D eigenvalue weighted by Gasteiger charge is 2.25. The van der Waals surface area contributed by atoms with Crippen molar-refractivity contribution < 1.29 is 13.2 Å². The van der Waals surface area contributed by atoms with Crippen LogP contribution < -0.4 is 5.32 Å². The standard InChI is InChI=1S/C17H15N5O3S2/c1-11-15(20-17(26-11)12-3-2-6-18-9-12)19-16(23)13-4-5-14-21-27(24,25)8-7-22(14)10-13/h2-6,9-10H,7-8H2,1H3,(H,19,23). The van der Waals surface area contributed by atoms with Crippen molar-refractivity contribution in [2.24, 2.45) is 4.40 Å². The summed E-state index contributed by atoms with van der Waals surface area (Å²) in [5.74, 6) is 0.431. The number of nitrogens with one attached hydrogen (secondary N) is 1. The first-order chi connectivity index (χ1) is 12.9. The predicted octanol–water partition coefficient (Wildman–Crippen LogP) is 1.95. The number of carbonyl (C=O) groups excluding carboxylic acids is 1. The zero-order valence-corrected chi connectivity index (χ0v) is 15.9. The third kappa shape index (κ3) is 3.67. The van der Waals surface area contributed by atoms with E-state index in [4.69, 9.17) is 0 Å². The molecule has 0 atom stereocenters. The minimum absolute atomic E-state index is 0.0740. The second-order valence-electron chi connectivity index (χ2n) is 5.97.